The number of benzene rings is 1. The van der Waals surface area contributed by atoms with Gasteiger partial charge >= 0.3 is 5.95 Å². The van der Waals surface area contributed by atoms with Gasteiger partial charge < -0.3 is 0 Å². The number of aromatic nitrogens is 3. The lowest BCUT2D eigenvalue weighted by Crippen LogP contribution is -2.34. The van der Waals surface area contributed by atoms with E-state index in [-0.39, 0.29) is 4.48 Å². The average molecular weight is 325 g/mol. The number of nitrogens with one attached hydrogen (secondary N) is 2. The van der Waals surface area contributed by atoms with Crippen molar-refractivity contribution >= 4 is 34.4 Å². The molecule has 0 amide bonds. The van der Waals surface area contributed by atoms with Crippen molar-refractivity contribution in [1.82, 2.24) is 19.4 Å². The Kier molecular flexibility index (Phi) is 2.91. The summed E-state index contributed by atoms with van der Waals surface area (Å²) < 4.78 is 0.188. The van der Waals surface area contributed by atoms with Gasteiger partial charge in [0.15, 0.2) is 12.4 Å². The maximum absolute atomic E-state index is 8.59. The topological polar surface area (TPSA) is 65.4 Å². The van der Waals surface area contributed by atoms with Crippen molar-refractivity contribution in [3.63, 3.8) is 0 Å². The highest BCUT2D eigenvalue weighted by atomic mass is 35.5. The molecule has 114 valence electrons. The summed E-state index contributed by atoms with van der Waals surface area (Å²) in [6.45, 7) is 3.91. The maximum Gasteiger partial charge on any atom is 0.323 e. The standard InChI is InChI=1S/C17H15ClN5/c1-10-7-13(18)15-14(8-10)21-17(22-15)23(5-6-23)16(19)12-3-4-20-11(2)9-12/h3-9,19H,1-2H3,(H,21,22)/q+1. The Morgan fingerprint density at radius 3 is 2.70 bits per heavy atom. The highest BCUT2D eigenvalue weighted by Gasteiger charge is 2.47. The van der Waals surface area contributed by atoms with Gasteiger partial charge in [-0.1, -0.05) is 11.6 Å². The summed E-state index contributed by atoms with van der Waals surface area (Å²) in [6, 6.07) is 7.65. The first-order chi connectivity index (χ1) is 11.0. The fraction of sp³-hybridized carbons (Fsp3) is 0.118. The number of fused-ring (bicyclic) bond motifs is 1. The van der Waals surface area contributed by atoms with Crippen LogP contribution in [0.5, 0.6) is 0 Å². The Morgan fingerprint density at radius 2 is 2.00 bits per heavy atom. The Morgan fingerprint density at radius 1 is 1.22 bits per heavy atom. The molecule has 0 bridgehead atoms. The minimum Gasteiger partial charge on any atom is -0.291 e. The van der Waals surface area contributed by atoms with Gasteiger partial charge in [-0.15, -0.1) is 4.48 Å². The van der Waals surface area contributed by atoms with E-state index in [9.17, 15) is 0 Å². The number of rotatable bonds is 2. The maximum atomic E-state index is 8.59. The first-order valence-electron chi connectivity index (χ1n) is 7.27. The second kappa shape index (κ2) is 4.75. The lowest BCUT2D eigenvalue weighted by Gasteiger charge is -2.14. The van der Waals surface area contributed by atoms with Gasteiger partial charge in [0.05, 0.1) is 16.1 Å². The van der Waals surface area contributed by atoms with Crippen LogP contribution in [0.2, 0.25) is 5.02 Å². The normalized spacial score (nSPS) is 15.1. The van der Waals surface area contributed by atoms with Crippen LogP contribution in [0.1, 0.15) is 16.8 Å². The van der Waals surface area contributed by atoms with Gasteiger partial charge in [-0.2, -0.15) is 4.98 Å². The second-order valence-electron chi connectivity index (χ2n) is 5.81. The number of H-pyrrole nitrogens is 1. The number of hydrogen-bond donors (Lipinski definition) is 2. The zero-order chi connectivity index (χ0) is 16.2. The SMILES string of the molecule is Cc1cc(Cl)c2nc([N+]3(C(=N)c4ccnc(C)c4)C=C3)[nH]c2c1. The van der Waals surface area contributed by atoms with Crippen molar-refractivity contribution in [1.29, 1.82) is 5.41 Å². The van der Waals surface area contributed by atoms with Crippen molar-refractivity contribution in [3.05, 3.63) is 64.7 Å². The van der Waals surface area contributed by atoms with Crippen LogP contribution in [0.3, 0.4) is 0 Å². The number of quaternary nitrogens is 1. The number of aromatic amines is 1. The Labute approximate surface area is 138 Å². The predicted molar refractivity (Wildman–Crippen MR) is 92.6 cm³/mol. The monoisotopic (exact) mass is 324 g/mol. The van der Waals surface area contributed by atoms with E-state index in [1.807, 2.05) is 50.5 Å². The molecular formula is C17H15ClN5+. The van der Waals surface area contributed by atoms with Crippen LogP contribution in [-0.4, -0.2) is 20.8 Å². The van der Waals surface area contributed by atoms with Gasteiger partial charge in [0, 0.05) is 11.9 Å². The van der Waals surface area contributed by atoms with Crippen molar-refractivity contribution in [2.75, 3.05) is 0 Å². The summed E-state index contributed by atoms with van der Waals surface area (Å²) in [4.78, 5) is 12.1. The van der Waals surface area contributed by atoms with E-state index in [4.69, 9.17) is 17.0 Å². The van der Waals surface area contributed by atoms with Gasteiger partial charge in [0.1, 0.15) is 5.52 Å². The van der Waals surface area contributed by atoms with Crippen LogP contribution in [-0.2, 0) is 0 Å². The number of halogens is 1. The highest BCUT2D eigenvalue weighted by Crippen LogP contribution is 2.36. The summed E-state index contributed by atoms with van der Waals surface area (Å²) in [6.07, 6.45) is 5.57. The number of hydrogen-bond acceptors (Lipinski definition) is 3. The first kappa shape index (κ1) is 14.1. The molecule has 6 heteroatoms. The van der Waals surface area contributed by atoms with E-state index < -0.39 is 0 Å². The molecule has 0 fully saturated rings. The lowest BCUT2D eigenvalue weighted by molar-refractivity contribution is 0.790. The molecule has 4 rings (SSSR count). The zero-order valence-electron chi connectivity index (χ0n) is 12.8. The largest absolute Gasteiger partial charge is 0.323 e. The van der Waals surface area contributed by atoms with E-state index in [1.54, 1.807) is 6.20 Å². The molecule has 2 N–H and O–H groups in total. The molecule has 1 aromatic carbocycles. The third-order valence-corrected chi connectivity index (χ3v) is 4.30. The van der Waals surface area contributed by atoms with Gasteiger partial charge in [-0.05, 0) is 43.7 Å². The molecule has 0 radical (unpaired) electrons. The molecule has 3 aromatic rings. The molecule has 1 aliphatic heterocycles. The number of pyridine rings is 1. The average Bonchev–Trinajstić information content (AvgIpc) is 3.20. The van der Waals surface area contributed by atoms with E-state index in [2.05, 4.69) is 15.0 Å². The number of aryl methyl sites for hydroxylation is 2. The molecular weight excluding hydrogens is 310 g/mol. The van der Waals surface area contributed by atoms with Crippen molar-refractivity contribution in [2.45, 2.75) is 13.8 Å². The molecule has 23 heavy (non-hydrogen) atoms. The van der Waals surface area contributed by atoms with Gasteiger partial charge in [0.2, 0.25) is 5.84 Å². The van der Waals surface area contributed by atoms with E-state index in [1.165, 1.54) is 0 Å². The van der Waals surface area contributed by atoms with Crippen LogP contribution in [0, 0.1) is 19.3 Å². The summed E-state index contributed by atoms with van der Waals surface area (Å²) in [5, 5.41) is 9.21. The Balaban J connectivity index is 1.80. The minimum absolute atomic E-state index is 0.188. The third-order valence-electron chi connectivity index (χ3n) is 4.01. The van der Waals surface area contributed by atoms with Crippen molar-refractivity contribution < 1.29 is 0 Å². The molecule has 0 unspecified atom stereocenters. The predicted octanol–water partition coefficient (Wildman–Crippen LogP) is 4.05. The van der Waals surface area contributed by atoms with Crippen LogP contribution >= 0.6 is 11.6 Å². The van der Waals surface area contributed by atoms with Crippen LogP contribution < -0.4 is 4.48 Å². The lowest BCUT2D eigenvalue weighted by atomic mass is 10.2. The van der Waals surface area contributed by atoms with Crippen molar-refractivity contribution in [2.24, 2.45) is 0 Å². The van der Waals surface area contributed by atoms with Gasteiger partial charge in [-0.3, -0.25) is 9.97 Å². The highest BCUT2D eigenvalue weighted by molar-refractivity contribution is 6.35. The summed E-state index contributed by atoms with van der Waals surface area (Å²) in [5.74, 6) is 1.11. The number of amidine groups is 1. The van der Waals surface area contributed by atoms with Crippen LogP contribution in [0.15, 0.2) is 42.9 Å². The molecule has 1 aliphatic rings. The van der Waals surface area contributed by atoms with E-state index in [0.717, 1.165) is 27.9 Å². The molecule has 3 heterocycles. The van der Waals surface area contributed by atoms with Gasteiger partial charge in [0.25, 0.3) is 0 Å². The molecule has 0 saturated carbocycles. The minimum atomic E-state index is 0.188. The fourth-order valence-corrected chi connectivity index (χ4v) is 3.06. The smallest absolute Gasteiger partial charge is 0.291 e. The fourth-order valence-electron chi connectivity index (χ4n) is 2.74. The summed E-state index contributed by atoms with van der Waals surface area (Å²) in [5.41, 5.74) is 4.40. The van der Waals surface area contributed by atoms with Crippen LogP contribution in [0.25, 0.3) is 11.0 Å². The molecule has 5 nitrogen and oxygen atoms in total. The molecule has 0 aliphatic carbocycles. The Hall–Kier alpha value is -2.50. The second-order valence-corrected chi connectivity index (χ2v) is 6.22. The quantitative estimate of drug-likeness (QED) is 0.424. The molecule has 0 atom stereocenters. The number of imidazole rings is 1. The Bertz CT molecular complexity index is 980. The van der Waals surface area contributed by atoms with Crippen molar-refractivity contribution in [3.8, 4) is 0 Å². The molecule has 0 spiro atoms. The van der Waals surface area contributed by atoms with E-state index >= 15 is 0 Å². The van der Waals surface area contributed by atoms with E-state index in [0.29, 0.717) is 16.8 Å². The first-order valence-corrected chi connectivity index (χ1v) is 7.65. The summed E-state index contributed by atoms with van der Waals surface area (Å²) in [7, 11) is 0. The molecule has 0 saturated heterocycles. The summed E-state index contributed by atoms with van der Waals surface area (Å²) >= 11 is 6.29. The third kappa shape index (κ3) is 2.17. The zero-order valence-corrected chi connectivity index (χ0v) is 13.5. The van der Waals surface area contributed by atoms with Crippen LogP contribution in [0.4, 0.5) is 5.95 Å². The molecule has 2 aromatic heterocycles. The number of nitrogens with zero attached hydrogens (tertiary/aromatic N) is 3. The van der Waals surface area contributed by atoms with Gasteiger partial charge in [-0.25, -0.2) is 5.41 Å².